The van der Waals surface area contributed by atoms with Crippen molar-refractivity contribution in [3.63, 3.8) is 0 Å². The topological polar surface area (TPSA) is 107 Å². The summed E-state index contributed by atoms with van der Waals surface area (Å²) in [7, 11) is 0. The van der Waals surface area contributed by atoms with E-state index in [1.807, 2.05) is 0 Å². The maximum absolute atomic E-state index is 9.86. The minimum Gasteiger partial charge on any atom is -0.504 e. The van der Waals surface area contributed by atoms with E-state index in [-0.39, 0.29) is 11.3 Å². The molecule has 0 atom stereocenters. The van der Waals surface area contributed by atoms with Crippen molar-refractivity contribution < 1.29 is 15.3 Å². The van der Waals surface area contributed by atoms with E-state index in [0.717, 1.165) is 24.6 Å². The molecule has 0 radical (unpaired) electrons. The van der Waals surface area contributed by atoms with Crippen LogP contribution < -0.4 is 0 Å². The van der Waals surface area contributed by atoms with Crippen LogP contribution in [-0.4, -0.2) is 36.4 Å². The maximum Gasteiger partial charge on any atom is 0.216 e. The van der Waals surface area contributed by atoms with E-state index in [0.29, 0.717) is 4.77 Å². The van der Waals surface area contributed by atoms with Crippen LogP contribution in [0.15, 0.2) is 17.2 Å². The number of benzene rings is 1. The first-order valence-electron chi connectivity index (χ1n) is 8.51. The Labute approximate surface area is 150 Å². The smallest absolute Gasteiger partial charge is 0.216 e. The molecule has 3 rings (SSSR count). The van der Waals surface area contributed by atoms with Gasteiger partial charge in [0.05, 0.1) is 6.21 Å². The summed E-state index contributed by atoms with van der Waals surface area (Å²) >= 11 is 5.22. The molecule has 2 aromatic rings. The van der Waals surface area contributed by atoms with Crippen LogP contribution >= 0.6 is 12.2 Å². The molecule has 1 aliphatic carbocycles. The number of aromatic hydroxyl groups is 3. The van der Waals surface area contributed by atoms with Crippen LogP contribution in [0.4, 0.5) is 0 Å². The number of rotatable bonds is 5. The van der Waals surface area contributed by atoms with Crippen LogP contribution in [0.25, 0.3) is 0 Å². The number of aromatic nitrogens is 3. The van der Waals surface area contributed by atoms with E-state index in [1.54, 1.807) is 0 Å². The second-order valence-electron chi connectivity index (χ2n) is 6.42. The molecule has 4 N–H and O–H groups in total. The van der Waals surface area contributed by atoms with Crippen molar-refractivity contribution in [1.29, 1.82) is 0 Å². The van der Waals surface area contributed by atoms with E-state index in [9.17, 15) is 15.3 Å². The second-order valence-corrected chi connectivity index (χ2v) is 6.80. The van der Waals surface area contributed by atoms with E-state index in [2.05, 4.69) is 15.3 Å². The van der Waals surface area contributed by atoms with Crippen molar-refractivity contribution in [3.05, 3.63) is 28.3 Å². The second kappa shape index (κ2) is 7.69. The van der Waals surface area contributed by atoms with Gasteiger partial charge < -0.3 is 15.3 Å². The molecular formula is C17H22N4O3S. The lowest BCUT2D eigenvalue weighted by Gasteiger charge is -2.20. The lowest BCUT2D eigenvalue weighted by Crippen LogP contribution is -2.09. The molecule has 1 fully saturated rings. The third kappa shape index (κ3) is 4.01. The molecule has 1 saturated carbocycles. The van der Waals surface area contributed by atoms with Crippen LogP contribution in [0.2, 0.25) is 0 Å². The van der Waals surface area contributed by atoms with Gasteiger partial charge in [-0.25, -0.2) is 0 Å². The number of aryl methyl sites for hydroxylation is 1. The van der Waals surface area contributed by atoms with Gasteiger partial charge in [-0.05, 0) is 36.7 Å². The fourth-order valence-corrected chi connectivity index (χ4v) is 3.42. The van der Waals surface area contributed by atoms with Crippen LogP contribution in [0.5, 0.6) is 17.2 Å². The van der Waals surface area contributed by atoms with Gasteiger partial charge in [0, 0.05) is 12.0 Å². The van der Waals surface area contributed by atoms with Gasteiger partial charge in [0.25, 0.3) is 0 Å². The molecule has 0 amide bonds. The van der Waals surface area contributed by atoms with E-state index in [4.69, 9.17) is 12.2 Å². The van der Waals surface area contributed by atoms with Gasteiger partial charge in [0.1, 0.15) is 0 Å². The molecule has 1 aromatic heterocycles. The highest BCUT2D eigenvalue weighted by Gasteiger charge is 2.15. The standard InChI is InChI=1S/C17H22N4O3S/c22-13-8-7-12(15(23)16(13)24)10-18-21-14(19-20-17(21)25)9-6-11-4-2-1-3-5-11/h7-8,10-11,22-24H,1-6,9H2,(H,20,25)/b18-10+. The summed E-state index contributed by atoms with van der Waals surface area (Å²) in [6.45, 7) is 0. The number of aromatic amines is 1. The van der Waals surface area contributed by atoms with Crippen molar-refractivity contribution in [2.24, 2.45) is 11.0 Å². The van der Waals surface area contributed by atoms with Crippen LogP contribution in [0, 0.1) is 10.7 Å². The van der Waals surface area contributed by atoms with Crippen molar-refractivity contribution >= 4 is 18.4 Å². The Bertz CT molecular complexity index is 822. The summed E-state index contributed by atoms with van der Waals surface area (Å²) in [6, 6.07) is 2.74. The van der Waals surface area contributed by atoms with Crippen LogP contribution in [-0.2, 0) is 6.42 Å². The largest absolute Gasteiger partial charge is 0.504 e. The third-order valence-electron chi connectivity index (χ3n) is 4.69. The lowest BCUT2D eigenvalue weighted by atomic mass is 9.86. The van der Waals surface area contributed by atoms with Gasteiger partial charge in [0.2, 0.25) is 10.5 Å². The molecule has 7 nitrogen and oxygen atoms in total. The van der Waals surface area contributed by atoms with Crippen molar-refractivity contribution in [2.45, 2.75) is 44.9 Å². The summed E-state index contributed by atoms with van der Waals surface area (Å²) < 4.78 is 1.90. The highest BCUT2D eigenvalue weighted by Crippen LogP contribution is 2.36. The Morgan fingerprint density at radius 3 is 2.72 bits per heavy atom. The molecule has 0 saturated heterocycles. The number of hydrogen-bond donors (Lipinski definition) is 4. The lowest BCUT2D eigenvalue weighted by molar-refractivity contribution is 0.336. The minimum atomic E-state index is -0.572. The zero-order chi connectivity index (χ0) is 17.8. The first-order valence-corrected chi connectivity index (χ1v) is 8.91. The van der Waals surface area contributed by atoms with Crippen molar-refractivity contribution in [1.82, 2.24) is 14.9 Å². The quantitative estimate of drug-likeness (QED) is 0.370. The summed E-state index contributed by atoms with van der Waals surface area (Å²) in [5.41, 5.74) is 0.275. The molecule has 1 aromatic carbocycles. The fraction of sp³-hybridized carbons (Fsp3) is 0.471. The fourth-order valence-electron chi connectivity index (χ4n) is 3.22. The van der Waals surface area contributed by atoms with Gasteiger partial charge in [0.15, 0.2) is 17.3 Å². The number of phenolic OH excluding ortho intramolecular Hbond substituents is 3. The number of nitrogens with zero attached hydrogens (tertiary/aromatic N) is 3. The Morgan fingerprint density at radius 1 is 1.20 bits per heavy atom. The zero-order valence-corrected chi connectivity index (χ0v) is 14.7. The van der Waals surface area contributed by atoms with Crippen LogP contribution in [0.1, 0.15) is 49.9 Å². The summed E-state index contributed by atoms with van der Waals surface area (Å²) in [5, 5.41) is 40.1. The Morgan fingerprint density at radius 2 is 1.96 bits per heavy atom. The average molecular weight is 362 g/mol. The SMILES string of the molecule is Oc1ccc(/C=N/n2c(CCC3CCCCC3)n[nH]c2=S)c(O)c1O. The zero-order valence-electron chi connectivity index (χ0n) is 13.9. The molecular weight excluding hydrogens is 340 g/mol. The van der Waals surface area contributed by atoms with Gasteiger partial charge in [-0.15, -0.1) is 0 Å². The molecule has 1 heterocycles. The number of H-pyrrole nitrogens is 1. The molecule has 0 aliphatic heterocycles. The predicted octanol–water partition coefficient (Wildman–Crippen LogP) is 3.45. The monoisotopic (exact) mass is 362 g/mol. The molecule has 0 bridgehead atoms. The molecule has 1 aliphatic rings. The van der Waals surface area contributed by atoms with Gasteiger partial charge in [-0.2, -0.15) is 14.9 Å². The Balaban J connectivity index is 1.75. The third-order valence-corrected chi connectivity index (χ3v) is 4.96. The molecule has 0 unspecified atom stereocenters. The van der Waals surface area contributed by atoms with Gasteiger partial charge in [-0.1, -0.05) is 32.1 Å². The molecule has 134 valence electrons. The first kappa shape index (κ1) is 17.5. The predicted molar refractivity (Wildman–Crippen MR) is 96.7 cm³/mol. The first-order chi connectivity index (χ1) is 12.1. The summed E-state index contributed by atoms with van der Waals surface area (Å²) in [5.74, 6) is 0.0892. The average Bonchev–Trinajstić information content (AvgIpc) is 2.98. The van der Waals surface area contributed by atoms with E-state index in [1.165, 1.54) is 55.1 Å². The van der Waals surface area contributed by atoms with Gasteiger partial charge >= 0.3 is 0 Å². The number of hydrogen-bond acceptors (Lipinski definition) is 6. The summed E-state index contributed by atoms with van der Waals surface area (Å²) in [6.07, 6.45) is 9.71. The van der Waals surface area contributed by atoms with E-state index < -0.39 is 11.5 Å². The van der Waals surface area contributed by atoms with Crippen molar-refractivity contribution in [2.75, 3.05) is 0 Å². The number of nitrogens with one attached hydrogen (secondary N) is 1. The minimum absolute atomic E-state index is 0.275. The maximum atomic E-state index is 9.86. The molecule has 0 spiro atoms. The number of phenols is 3. The van der Waals surface area contributed by atoms with Crippen LogP contribution in [0.3, 0.4) is 0 Å². The summed E-state index contributed by atoms with van der Waals surface area (Å²) in [4.78, 5) is 0. The highest BCUT2D eigenvalue weighted by atomic mass is 32.1. The van der Waals surface area contributed by atoms with E-state index >= 15 is 0 Å². The Hall–Kier alpha value is -2.35. The molecule has 8 heteroatoms. The highest BCUT2D eigenvalue weighted by molar-refractivity contribution is 7.71. The van der Waals surface area contributed by atoms with Crippen molar-refractivity contribution in [3.8, 4) is 17.2 Å². The van der Waals surface area contributed by atoms with Gasteiger partial charge in [-0.3, -0.25) is 5.10 Å². The Kier molecular flexibility index (Phi) is 5.37. The normalized spacial score (nSPS) is 15.8. The molecule has 25 heavy (non-hydrogen) atoms.